The molecule has 0 spiro atoms. The van der Waals surface area contributed by atoms with Crippen LogP contribution in [0.3, 0.4) is 0 Å². The second-order valence-corrected chi connectivity index (χ2v) is 6.67. The molecule has 0 fully saturated rings. The summed E-state index contributed by atoms with van der Waals surface area (Å²) in [6.07, 6.45) is 1.14. The van der Waals surface area contributed by atoms with Crippen LogP contribution in [0.5, 0.6) is 0 Å². The van der Waals surface area contributed by atoms with Gasteiger partial charge in [-0.25, -0.2) is 23.6 Å². The molecule has 0 bridgehead atoms. The Morgan fingerprint density at radius 2 is 2.00 bits per heavy atom. The highest BCUT2D eigenvalue weighted by atomic mass is 35.5. The van der Waals surface area contributed by atoms with Crippen LogP contribution in [0.4, 0.5) is 13.9 Å². The van der Waals surface area contributed by atoms with Crippen molar-refractivity contribution in [2.45, 2.75) is 0 Å². The molecule has 9 heteroatoms. The van der Waals surface area contributed by atoms with Crippen LogP contribution in [0.2, 0.25) is 5.02 Å². The van der Waals surface area contributed by atoms with E-state index in [0.717, 1.165) is 17.8 Å². The molecule has 27 heavy (non-hydrogen) atoms. The number of hydrogen-bond donors (Lipinski definition) is 1. The molecule has 1 N–H and O–H groups in total. The third-order valence-electron chi connectivity index (χ3n) is 3.61. The molecule has 0 amide bonds. The maximum Gasteiger partial charge on any atom is 0.336 e. The number of thiazole rings is 1. The Morgan fingerprint density at radius 3 is 2.70 bits per heavy atom. The second-order valence-electron chi connectivity index (χ2n) is 5.42. The van der Waals surface area contributed by atoms with Crippen molar-refractivity contribution in [3.63, 3.8) is 0 Å². The van der Waals surface area contributed by atoms with Gasteiger partial charge < -0.3 is 5.11 Å². The molecule has 2 aromatic carbocycles. The summed E-state index contributed by atoms with van der Waals surface area (Å²) in [5, 5.41) is 17.5. The number of aromatic carboxylic acids is 1. The zero-order valence-electron chi connectivity index (χ0n) is 13.9. The van der Waals surface area contributed by atoms with Gasteiger partial charge in [-0.3, -0.25) is 0 Å². The van der Waals surface area contributed by atoms with E-state index >= 15 is 0 Å². The number of anilines is 1. The predicted molar refractivity (Wildman–Crippen MR) is 102 cm³/mol. The van der Waals surface area contributed by atoms with Gasteiger partial charge in [-0.15, -0.1) is 11.3 Å². The van der Waals surface area contributed by atoms with E-state index in [1.54, 1.807) is 13.1 Å². The molecule has 0 aliphatic rings. The highest BCUT2D eigenvalue weighted by Gasteiger charge is 2.15. The Labute approximate surface area is 162 Å². The van der Waals surface area contributed by atoms with Crippen LogP contribution in [-0.4, -0.2) is 29.3 Å². The molecular weight excluding hydrogens is 396 g/mol. The zero-order chi connectivity index (χ0) is 19.6. The largest absolute Gasteiger partial charge is 0.478 e. The monoisotopic (exact) mass is 407 g/mol. The van der Waals surface area contributed by atoms with Gasteiger partial charge in [-0.05, 0) is 18.2 Å². The van der Waals surface area contributed by atoms with Crippen LogP contribution in [0.25, 0.3) is 11.3 Å². The van der Waals surface area contributed by atoms with Gasteiger partial charge in [-0.2, -0.15) is 5.10 Å². The van der Waals surface area contributed by atoms with E-state index in [0.29, 0.717) is 21.9 Å². The molecule has 5 nitrogen and oxygen atoms in total. The van der Waals surface area contributed by atoms with Gasteiger partial charge in [0.1, 0.15) is 0 Å². The summed E-state index contributed by atoms with van der Waals surface area (Å²) < 4.78 is 26.7. The Balaban J connectivity index is 1.86. The first kappa shape index (κ1) is 18.9. The first-order valence-corrected chi connectivity index (χ1v) is 8.83. The Bertz CT molecular complexity index is 1040. The molecule has 3 rings (SSSR count). The number of benzene rings is 2. The van der Waals surface area contributed by atoms with Gasteiger partial charge >= 0.3 is 5.97 Å². The summed E-state index contributed by atoms with van der Waals surface area (Å²) in [6, 6.07) is 8.67. The van der Waals surface area contributed by atoms with Crippen LogP contribution in [0, 0.1) is 11.6 Å². The number of carboxylic acid groups (broad SMARTS) is 1. The van der Waals surface area contributed by atoms with Crippen LogP contribution in [-0.2, 0) is 0 Å². The lowest BCUT2D eigenvalue weighted by atomic mass is 10.1. The van der Waals surface area contributed by atoms with Crippen molar-refractivity contribution in [3.05, 3.63) is 69.6 Å². The fraction of sp³-hybridized carbons (Fsp3) is 0.0556. The molecule has 0 aliphatic heterocycles. The van der Waals surface area contributed by atoms with Crippen LogP contribution < -0.4 is 5.01 Å². The van der Waals surface area contributed by atoms with Crippen molar-refractivity contribution in [1.82, 2.24) is 4.98 Å². The van der Waals surface area contributed by atoms with Gasteiger partial charge in [0.25, 0.3) is 0 Å². The van der Waals surface area contributed by atoms with Crippen molar-refractivity contribution in [1.29, 1.82) is 0 Å². The van der Waals surface area contributed by atoms with Gasteiger partial charge in [0.2, 0.25) is 5.13 Å². The molecule has 1 aromatic heterocycles. The lowest BCUT2D eigenvalue weighted by Gasteiger charge is -2.09. The lowest BCUT2D eigenvalue weighted by molar-refractivity contribution is 0.0696. The molecule has 0 saturated carbocycles. The van der Waals surface area contributed by atoms with E-state index in [1.165, 1.54) is 16.3 Å². The van der Waals surface area contributed by atoms with E-state index in [1.807, 2.05) is 23.6 Å². The fourth-order valence-electron chi connectivity index (χ4n) is 2.26. The smallest absolute Gasteiger partial charge is 0.336 e. The van der Waals surface area contributed by atoms with E-state index in [-0.39, 0.29) is 11.1 Å². The minimum Gasteiger partial charge on any atom is -0.478 e. The minimum absolute atomic E-state index is 0.0591. The molecule has 1 heterocycles. The number of nitrogens with zero attached hydrogens (tertiary/aromatic N) is 3. The molecule has 0 radical (unpaired) electrons. The average molecular weight is 408 g/mol. The second kappa shape index (κ2) is 7.81. The van der Waals surface area contributed by atoms with Crippen molar-refractivity contribution in [2.75, 3.05) is 12.1 Å². The standard InChI is InChI=1S/C18H12ClF2N3O2S/c1-24(18-23-16(9-27-18)11-4-2-3-5-13(11)19)22-8-10-6-14(20)15(21)7-12(10)17(25)26/h2-9H,1H3,(H,25,26)/b22-8+. The van der Waals surface area contributed by atoms with Crippen molar-refractivity contribution in [2.24, 2.45) is 5.10 Å². The summed E-state index contributed by atoms with van der Waals surface area (Å²) in [5.41, 5.74) is 0.993. The number of carbonyl (C=O) groups is 1. The Morgan fingerprint density at radius 1 is 1.30 bits per heavy atom. The van der Waals surface area contributed by atoms with Gasteiger partial charge in [-0.1, -0.05) is 29.8 Å². The van der Waals surface area contributed by atoms with Crippen molar-refractivity contribution in [3.8, 4) is 11.3 Å². The molecule has 0 aliphatic carbocycles. The third kappa shape index (κ3) is 4.12. The van der Waals surface area contributed by atoms with Crippen LogP contribution in [0.15, 0.2) is 46.9 Å². The predicted octanol–water partition coefficient (Wildman–Crippen LogP) is 4.91. The first-order valence-electron chi connectivity index (χ1n) is 7.57. The zero-order valence-corrected chi connectivity index (χ0v) is 15.4. The third-order valence-corrected chi connectivity index (χ3v) is 4.85. The van der Waals surface area contributed by atoms with Gasteiger partial charge in [0, 0.05) is 28.6 Å². The SMILES string of the molecule is CN(/N=C/c1cc(F)c(F)cc1C(=O)O)c1nc(-c2ccccc2Cl)cs1. The molecule has 0 saturated heterocycles. The normalized spacial score (nSPS) is 11.1. The van der Waals surface area contributed by atoms with Crippen molar-refractivity contribution >= 4 is 40.3 Å². The maximum absolute atomic E-state index is 13.4. The number of rotatable bonds is 5. The van der Waals surface area contributed by atoms with E-state index in [9.17, 15) is 13.6 Å². The number of carboxylic acids is 1. The topological polar surface area (TPSA) is 65.8 Å². The Hall–Kier alpha value is -2.84. The summed E-state index contributed by atoms with van der Waals surface area (Å²) in [6.45, 7) is 0. The number of hydrogen-bond acceptors (Lipinski definition) is 5. The highest BCUT2D eigenvalue weighted by molar-refractivity contribution is 7.14. The Kier molecular flexibility index (Phi) is 5.48. The number of aromatic nitrogens is 1. The van der Waals surface area contributed by atoms with Crippen LogP contribution >= 0.6 is 22.9 Å². The average Bonchev–Trinajstić information content (AvgIpc) is 3.12. The molecule has 0 atom stereocenters. The quantitative estimate of drug-likeness (QED) is 0.482. The first-order chi connectivity index (χ1) is 12.9. The van der Waals surface area contributed by atoms with Crippen molar-refractivity contribution < 1.29 is 18.7 Å². The molecular formula is C18H12ClF2N3O2S. The molecule has 0 unspecified atom stereocenters. The maximum atomic E-state index is 13.4. The summed E-state index contributed by atoms with van der Waals surface area (Å²) in [7, 11) is 1.60. The number of hydrazone groups is 1. The summed E-state index contributed by atoms with van der Waals surface area (Å²) in [5.74, 6) is -3.77. The van der Waals surface area contributed by atoms with E-state index in [2.05, 4.69) is 10.1 Å². The van der Waals surface area contributed by atoms with E-state index < -0.39 is 17.6 Å². The summed E-state index contributed by atoms with van der Waals surface area (Å²) >= 11 is 7.47. The minimum atomic E-state index is -1.38. The van der Waals surface area contributed by atoms with E-state index in [4.69, 9.17) is 16.7 Å². The highest BCUT2D eigenvalue weighted by Crippen LogP contribution is 2.31. The lowest BCUT2D eigenvalue weighted by Crippen LogP contribution is -2.10. The summed E-state index contributed by atoms with van der Waals surface area (Å²) in [4.78, 5) is 15.6. The van der Waals surface area contributed by atoms with Crippen LogP contribution in [0.1, 0.15) is 15.9 Å². The molecule has 3 aromatic rings. The molecule has 138 valence electrons. The number of halogens is 3. The van der Waals surface area contributed by atoms with Gasteiger partial charge in [0.15, 0.2) is 11.6 Å². The van der Waals surface area contributed by atoms with Gasteiger partial charge in [0.05, 0.1) is 17.5 Å². The fourth-order valence-corrected chi connectivity index (χ4v) is 3.24.